The number of carbonyl (C=O) groups is 1. The predicted molar refractivity (Wildman–Crippen MR) is 103 cm³/mol. The van der Waals surface area contributed by atoms with Crippen LogP contribution >= 0.6 is 11.6 Å². The van der Waals surface area contributed by atoms with E-state index in [0.29, 0.717) is 28.0 Å². The summed E-state index contributed by atoms with van der Waals surface area (Å²) in [5, 5.41) is 5.57. The van der Waals surface area contributed by atoms with Gasteiger partial charge in [-0.2, -0.15) is 5.10 Å². The number of ether oxygens (including phenoxy) is 1. The second-order valence-corrected chi connectivity index (χ2v) is 7.03. The Morgan fingerprint density at radius 1 is 1.26 bits per heavy atom. The summed E-state index contributed by atoms with van der Waals surface area (Å²) < 4.78 is 12.4. The van der Waals surface area contributed by atoms with Gasteiger partial charge >= 0.3 is 11.6 Å². The first-order valence-corrected chi connectivity index (χ1v) is 9.01. The molecule has 0 N–H and O–H groups in total. The molecule has 0 saturated heterocycles. The fraction of sp³-hybridized carbons (Fsp3) is 0.350. The summed E-state index contributed by atoms with van der Waals surface area (Å²) in [6, 6.07) is 4.76. The summed E-state index contributed by atoms with van der Waals surface area (Å²) in [5.74, 6) is -0.336. The lowest BCUT2D eigenvalue weighted by molar-refractivity contribution is -0.144. The zero-order valence-corrected chi connectivity index (χ0v) is 16.5. The summed E-state index contributed by atoms with van der Waals surface area (Å²) in [4.78, 5) is 24.0. The van der Waals surface area contributed by atoms with Crippen LogP contribution in [0.15, 0.2) is 27.4 Å². The molecule has 0 aliphatic rings. The average molecular weight is 389 g/mol. The molecule has 3 rings (SSSR count). The van der Waals surface area contributed by atoms with Crippen LogP contribution in [0, 0.1) is 20.8 Å². The Morgan fingerprint density at radius 2 is 2.00 bits per heavy atom. The summed E-state index contributed by atoms with van der Waals surface area (Å²) >= 11 is 6.18. The quantitative estimate of drug-likeness (QED) is 0.491. The number of halogens is 1. The highest BCUT2D eigenvalue weighted by atomic mass is 35.5. The molecule has 0 bridgehead atoms. The van der Waals surface area contributed by atoms with Gasteiger partial charge in [-0.1, -0.05) is 11.6 Å². The Bertz CT molecular complexity index is 1080. The third-order valence-corrected chi connectivity index (χ3v) is 5.14. The second-order valence-electron chi connectivity index (χ2n) is 6.62. The van der Waals surface area contributed by atoms with E-state index in [0.717, 1.165) is 22.5 Å². The fourth-order valence-electron chi connectivity index (χ4n) is 3.10. The smallest absolute Gasteiger partial charge is 0.336 e. The SMILES string of the molecule is Cc1cc2oc(=O)cc(COC(=O)CCc3c(C)nn(C)c3C)c2cc1Cl. The molecule has 27 heavy (non-hydrogen) atoms. The first kappa shape index (κ1) is 19.2. The normalized spacial score (nSPS) is 11.1. The lowest BCUT2D eigenvalue weighted by Crippen LogP contribution is -2.09. The summed E-state index contributed by atoms with van der Waals surface area (Å²) in [5.41, 5.74) is 4.34. The zero-order chi connectivity index (χ0) is 19.7. The Kier molecular flexibility index (Phi) is 5.37. The molecule has 2 aromatic heterocycles. The monoisotopic (exact) mass is 388 g/mol. The number of carbonyl (C=O) groups excluding carboxylic acids is 1. The number of nitrogens with zero attached hydrogens (tertiary/aromatic N) is 2. The Labute approximate surface area is 161 Å². The van der Waals surface area contributed by atoms with Crippen LogP contribution < -0.4 is 5.63 Å². The van der Waals surface area contributed by atoms with Gasteiger partial charge in [0, 0.05) is 41.2 Å². The van der Waals surface area contributed by atoms with E-state index in [4.69, 9.17) is 20.8 Å². The Hall–Kier alpha value is -2.60. The van der Waals surface area contributed by atoms with E-state index in [1.54, 1.807) is 16.8 Å². The highest BCUT2D eigenvalue weighted by Crippen LogP contribution is 2.25. The summed E-state index contributed by atoms with van der Waals surface area (Å²) in [7, 11) is 1.88. The maximum absolute atomic E-state index is 12.2. The van der Waals surface area contributed by atoms with E-state index in [-0.39, 0.29) is 19.0 Å². The molecule has 0 aliphatic carbocycles. The summed E-state index contributed by atoms with van der Waals surface area (Å²) in [6.07, 6.45) is 0.805. The van der Waals surface area contributed by atoms with Crippen molar-refractivity contribution in [3.05, 3.63) is 61.7 Å². The third-order valence-electron chi connectivity index (χ3n) is 4.74. The molecule has 3 aromatic rings. The molecule has 0 spiro atoms. The molecule has 0 radical (unpaired) electrons. The van der Waals surface area contributed by atoms with Crippen molar-refractivity contribution in [2.24, 2.45) is 7.05 Å². The van der Waals surface area contributed by atoms with Gasteiger partial charge in [-0.15, -0.1) is 0 Å². The number of fused-ring (bicyclic) bond motifs is 1. The molecule has 0 aliphatic heterocycles. The van der Waals surface area contributed by atoms with Gasteiger partial charge in [0.2, 0.25) is 0 Å². The Morgan fingerprint density at radius 3 is 2.67 bits per heavy atom. The molecule has 6 nitrogen and oxygen atoms in total. The van der Waals surface area contributed by atoms with Crippen LogP contribution in [0.1, 0.15) is 34.5 Å². The number of aryl methyl sites for hydroxylation is 3. The van der Waals surface area contributed by atoms with Crippen molar-refractivity contribution in [3.63, 3.8) is 0 Å². The van der Waals surface area contributed by atoms with E-state index in [2.05, 4.69) is 5.10 Å². The van der Waals surface area contributed by atoms with Crippen molar-refractivity contribution in [1.82, 2.24) is 9.78 Å². The average Bonchev–Trinajstić information content (AvgIpc) is 2.84. The lowest BCUT2D eigenvalue weighted by atomic mass is 10.1. The van der Waals surface area contributed by atoms with Crippen LogP contribution in [-0.2, 0) is 29.6 Å². The second kappa shape index (κ2) is 7.56. The number of aromatic nitrogens is 2. The maximum atomic E-state index is 12.2. The molecular weight excluding hydrogens is 368 g/mol. The van der Waals surface area contributed by atoms with E-state index in [9.17, 15) is 9.59 Å². The molecule has 0 unspecified atom stereocenters. The Balaban J connectivity index is 1.72. The van der Waals surface area contributed by atoms with Crippen molar-refractivity contribution >= 4 is 28.5 Å². The topological polar surface area (TPSA) is 74.3 Å². The van der Waals surface area contributed by atoms with Gasteiger partial charge in [0.25, 0.3) is 0 Å². The minimum absolute atomic E-state index is 0.00860. The molecule has 142 valence electrons. The number of rotatable bonds is 5. The van der Waals surface area contributed by atoms with Crippen molar-refractivity contribution in [3.8, 4) is 0 Å². The van der Waals surface area contributed by atoms with Gasteiger partial charge in [0.05, 0.1) is 5.69 Å². The number of hydrogen-bond donors (Lipinski definition) is 0. The van der Waals surface area contributed by atoms with Gasteiger partial charge in [0.15, 0.2) is 0 Å². The van der Waals surface area contributed by atoms with Gasteiger partial charge < -0.3 is 9.15 Å². The van der Waals surface area contributed by atoms with Gasteiger partial charge in [-0.05, 0) is 50.5 Å². The van der Waals surface area contributed by atoms with E-state index < -0.39 is 5.63 Å². The van der Waals surface area contributed by atoms with Crippen LogP contribution in [0.3, 0.4) is 0 Å². The van der Waals surface area contributed by atoms with Gasteiger partial charge in [0.1, 0.15) is 12.2 Å². The van der Waals surface area contributed by atoms with E-state index in [1.807, 2.05) is 27.8 Å². The van der Waals surface area contributed by atoms with E-state index in [1.165, 1.54) is 6.07 Å². The van der Waals surface area contributed by atoms with Crippen molar-refractivity contribution in [1.29, 1.82) is 0 Å². The van der Waals surface area contributed by atoms with Crippen molar-refractivity contribution in [2.75, 3.05) is 0 Å². The van der Waals surface area contributed by atoms with Crippen molar-refractivity contribution < 1.29 is 13.9 Å². The number of esters is 1. The molecule has 2 heterocycles. The standard InChI is InChI=1S/C20H21ClN2O4/c1-11-7-18-16(9-17(11)21)14(8-20(25)27-18)10-26-19(24)6-5-15-12(2)22-23(4)13(15)3/h7-9H,5-6,10H2,1-4H3. The fourth-order valence-corrected chi connectivity index (χ4v) is 3.27. The molecule has 0 saturated carbocycles. The molecule has 0 amide bonds. The largest absolute Gasteiger partial charge is 0.461 e. The molecule has 0 fully saturated rings. The van der Waals surface area contributed by atoms with Crippen molar-refractivity contribution in [2.45, 2.75) is 40.2 Å². The zero-order valence-electron chi connectivity index (χ0n) is 15.8. The van der Waals surface area contributed by atoms with Crippen LogP contribution in [-0.4, -0.2) is 15.7 Å². The first-order chi connectivity index (χ1) is 12.8. The molecule has 7 heteroatoms. The highest BCUT2D eigenvalue weighted by Gasteiger charge is 2.14. The number of benzene rings is 1. The molecule has 0 atom stereocenters. The van der Waals surface area contributed by atoms with Gasteiger partial charge in [-0.3, -0.25) is 9.48 Å². The van der Waals surface area contributed by atoms with E-state index >= 15 is 0 Å². The van der Waals surface area contributed by atoms with Crippen LogP contribution in [0.5, 0.6) is 0 Å². The minimum atomic E-state index is -0.489. The van der Waals surface area contributed by atoms with Crippen LogP contribution in [0.4, 0.5) is 0 Å². The predicted octanol–water partition coefficient (Wildman–Crippen LogP) is 3.78. The van der Waals surface area contributed by atoms with Crippen LogP contribution in [0.25, 0.3) is 11.0 Å². The number of hydrogen-bond acceptors (Lipinski definition) is 5. The summed E-state index contributed by atoms with van der Waals surface area (Å²) in [6.45, 7) is 5.72. The molecular formula is C20H21ClN2O4. The minimum Gasteiger partial charge on any atom is -0.461 e. The third kappa shape index (κ3) is 4.06. The van der Waals surface area contributed by atoms with Crippen LogP contribution in [0.2, 0.25) is 5.02 Å². The lowest BCUT2D eigenvalue weighted by Gasteiger charge is -2.09. The maximum Gasteiger partial charge on any atom is 0.336 e. The molecule has 1 aromatic carbocycles. The van der Waals surface area contributed by atoms with Gasteiger partial charge in [-0.25, -0.2) is 4.79 Å². The first-order valence-electron chi connectivity index (χ1n) is 8.64. The highest BCUT2D eigenvalue weighted by molar-refractivity contribution is 6.32.